The van der Waals surface area contributed by atoms with Crippen LogP contribution in [0, 0.1) is 13.8 Å². The zero-order valence-electron chi connectivity index (χ0n) is 22.0. The fraction of sp³-hybridized carbons (Fsp3) is 0.500. The van der Waals surface area contributed by atoms with Gasteiger partial charge in [-0.3, -0.25) is 4.79 Å². The number of alkyl halides is 3. The number of rotatable bonds is 6. The van der Waals surface area contributed by atoms with E-state index in [4.69, 9.17) is 9.72 Å². The number of nitrogens with one attached hydrogen (secondary N) is 1. The smallest absolute Gasteiger partial charge is 0.416 e. The zero-order valence-corrected chi connectivity index (χ0v) is 22.0. The van der Waals surface area contributed by atoms with Crippen molar-refractivity contribution in [3.8, 4) is 5.88 Å². The van der Waals surface area contributed by atoms with Crippen molar-refractivity contribution in [2.45, 2.75) is 77.6 Å². The van der Waals surface area contributed by atoms with E-state index in [1.807, 2.05) is 17.9 Å². The first-order valence-corrected chi connectivity index (χ1v) is 13.1. The van der Waals surface area contributed by atoms with Gasteiger partial charge in [0.25, 0.3) is 0 Å². The number of amides is 1. The summed E-state index contributed by atoms with van der Waals surface area (Å²) >= 11 is 0. The predicted molar refractivity (Wildman–Crippen MR) is 138 cm³/mol. The normalized spacial score (nSPS) is 17.5. The molecule has 3 aromatic rings. The first-order chi connectivity index (χ1) is 18.0. The van der Waals surface area contributed by atoms with Gasteiger partial charge in [-0.15, -0.1) is 0 Å². The molecular weight excluding hydrogens is 495 g/mol. The Kier molecular flexibility index (Phi) is 6.92. The Morgan fingerprint density at radius 2 is 1.82 bits per heavy atom. The number of benzene rings is 1. The minimum absolute atomic E-state index is 0.0729. The lowest BCUT2D eigenvalue weighted by Gasteiger charge is -2.32. The highest BCUT2D eigenvalue weighted by Gasteiger charge is 2.34. The van der Waals surface area contributed by atoms with Crippen LogP contribution in [0.2, 0.25) is 0 Å². The fourth-order valence-corrected chi connectivity index (χ4v) is 5.22. The number of fused-ring (bicyclic) bond motifs is 1. The second-order valence-electron chi connectivity index (χ2n) is 10.4. The maximum Gasteiger partial charge on any atom is 0.416 e. The number of halogens is 3. The van der Waals surface area contributed by atoms with Crippen molar-refractivity contribution in [1.82, 2.24) is 19.9 Å². The van der Waals surface area contributed by atoms with Crippen LogP contribution < -0.4 is 10.1 Å². The molecule has 1 aliphatic heterocycles. The lowest BCUT2D eigenvalue weighted by Crippen LogP contribution is -2.36. The summed E-state index contributed by atoms with van der Waals surface area (Å²) < 4.78 is 46.8. The summed E-state index contributed by atoms with van der Waals surface area (Å²) in [5, 5.41) is 4.03. The molecule has 1 saturated heterocycles. The van der Waals surface area contributed by atoms with Crippen molar-refractivity contribution in [3.05, 3.63) is 52.3 Å². The minimum atomic E-state index is -4.42. The van der Waals surface area contributed by atoms with E-state index in [0.29, 0.717) is 47.2 Å². The number of ether oxygens (including phenoxy) is 1. The Morgan fingerprint density at radius 1 is 1.11 bits per heavy atom. The summed E-state index contributed by atoms with van der Waals surface area (Å²) in [6.45, 7) is 8.00. The molecule has 10 heteroatoms. The highest BCUT2D eigenvalue weighted by molar-refractivity contribution is 5.88. The third-order valence-corrected chi connectivity index (χ3v) is 7.48. The number of piperidine rings is 1. The van der Waals surface area contributed by atoms with Crippen LogP contribution in [0.1, 0.15) is 79.6 Å². The zero-order chi connectivity index (χ0) is 27.2. The van der Waals surface area contributed by atoms with Crippen LogP contribution in [0.25, 0.3) is 11.0 Å². The number of carbonyl (C=O) groups is 1. The molecule has 202 valence electrons. The molecule has 38 heavy (non-hydrogen) atoms. The van der Waals surface area contributed by atoms with Gasteiger partial charge in [-0.1, -0.05) is 12.1 Å². The third kappa shape index (κ3) is 5.39. The summed E-state index contributed by atoms with van der Waals surface area (Å²) in [4.78, 5) is 27.7. The molecule has 3 heterocycles. The van der Waals surface area contributed by atoms with Gasteiger partial charge in [0.05, 0.1) is 17.0 Å². The second kappa shape index (κ2) is 10.0. The van der Waals surface area contributed by atoms with Crippen molar-refractivity contribution in [1.29, 1.82) is 0 Å². The summed E-state index contributed by atoms with van der Waals surface area (Å²) in [6.07, 6.45) is -0.698. The Bertz CT molecular complexity index is 1360. The van der Waals surface area contributed by atoms with E-state index in [-0.39, 0.29) is 23.5 Å². The SMILES string of the molecule is CC(=O)N1CCC(c2cc3c(N[C@H](C)c4cccc(C(F)(F)F)c4C)nc(C)nc3nc2OC2CC2)CC1. The second-order valence-corrected chi connectivity index (χ2v) is 10.4. The molecule has 5 rings (SSSR count). The van der Waals surface area contributed by atoms with Crippen LogP contribution in [0.15, 0.2) is 24.3 Å². The molecule has 1 saturated carbocycles. The van der Waals surface area contributed by atoms with Crippen LogP contribution >= 0.6 is 0 Å². The number of hydrogen-bond acceptors (Lipinski definition) is 6. The number of pyridine rings is 1. The number of aromatic nitrogens is 3. The Hall–Kier alpha value is -3.43. The highest BCUT2D eigenvalue weighted by Crippen LogP contribution is 2.40. The maximum absolute atomic E-state index is 13.5. The van der Waals surface area contributed by atoms with Crippen molar-refractivity contribution in [2.75, 3.05) is 18.4 Å². The molecule has 0 bridgehead atoms. The van der Waals surface area contributed by atoms with E-state index in [0.717, 1.165) is 37.3 Å². The molecule has 0 spiro atoms. The van der Waals surface area contributed by atoms with Gasteiger partial charge in [0.1, 0.15) is 17.7 Å². The van der Waals surface area contributed by atoms with Gasteiger partial charge in [-0.25, -0.2) is 9.97 Å². The number of anilines is 1. The predicted octanol–water partition coefficient (Wildman–Crippen LogP) is 6.10. The number of nitrogens with zero attached hydrogens (tertiary/aromatic N) is 4. The fourth-order valence-electron chi connectivity index (χ4n) is 5.22. The monoisotopic (exact) mass is 527 g/mol. The first-order valence-electron chi connectivity index (χ1n) is 13.1. The van der Waals surface area contributed by atoms with E-state index >= 15 is 0 Å². The number of likely N-dealkylation sites (tertiary alicyclic amines) is 1. The van der Waals surface area contributed by atoms with Gasteiger partial charge < -0.3 is 15.0 Å². The average molecular weight is 528 g/mol. The molecule has 1 aliphatic carbocycles. The Labute approximate surface area is 219 Å². The lowest BCUT2D eigenvalue weighted by molar-refractivity contribution is -0.138. The van der Waals surface area contributed by atoms with Gasteiger partial charge in [0.2, 0.25) is 11.8 Å². The molecule has 1 aromatic carbocycles. The molecule has 1 amide bonds. The van der Waals surface area contributed by atoms with Crippen LogP contribution in [0.3, 0.4) is 0 Å². The van der Waals surface area contributed by atoms with Crippen LogP contribution in [0.4, 0.5) is 19.0 Å². The molecule has 1 N–H and O–H groups in total. The van der Waals surface area contributed by atoms with Gasteiger partial charge in [-0.05, 0) is 75.6 Å². The quantitative estimate of drug-likeness (QED) is 0.417. The number of hydrogen-bond donors (Lipinski definition) is 1. The van der Waals surface area contributed by atoms with Crippen molar-refractivity contribution in [3.63, 3.8) is 0 Å². The van der Waals surface area contributed by atoms with E-state index in [9.17, 15) is 18.0 Å². The molecule has 7 nitrogen and oxygen atoms in total. The Morgan fingerprint density at radius 3 is 2.45 bits per heavy atom. The van der Waals surface area contributed by atoms with E-state index in [1.165, 1.54) is 13.0 Å². The number of aryl methyl sites for hydroxylation is 1. The first kappa shape index (κ1) is 26.2. The highest BCUT2D eigenvalue weighted by atomic mass is 19.4. The van der Waals surface area contributed by atoms with Gasteiger partial charge in [-0.2, -0.15) is 18.2 Å². The van der Waals surface area contributed by atoms with Gasteiger partial charge >= 0.3 is 6.18 Å². The van der Waals surface area contributed by atoms with Crippen LogP contribution in [0.5, 0.6) is 5.88 Å². The minimum Gasteiger partial charge on any atom is -0.474 e. The maximum atomic E-state index is 13.5. The third-order valence-electron chi connectivity index (χ3n) is 7.48. The molecular formula is C28H32F3N5O2. The molecule has 0 radical (unpaired) electrons. The standard InChI is InChI=1S/C28H32F3N5O2/c1-15-21(6-5-7-24(15)28(29,30)31)16(2)32-25-23-14-22(19-10-12-36(13-11-19)18(4)37)27(38-20-8-9-20)35-26(23)34-17(3)33-25/h5-7,14,16,19-20H,8-13H2,1-4H3,(H,32,33,34,35)/t16-/m1/s1. The molecule has 2 aliphatic rings. The topological polar surface area (TPSA) is 80.2 Å². The van der Waals surface area contributed by atoms with Gasteiger partial charge in [0.15, 0.2) is 5.65 Å². The summed E-state index contributed by atoms with van der Waals surface area (Å²) in [7, 11) is 0. The van der Waals surface area contributed by atoms with Gasteiger partial charge in [0, 0.05) is 25.6 Å². The van der Waals surface area contributed by atoms with Crippen molar-refractivity contribution in [2.24, 2.45) is 0 Å². The van der Waals surface area contributed by atoms with Crippen molar-refractivity contribution >= 4 is 22.8 Å². The largest absolute Gasteiger partial charge is 0.474 e. The van der Waals surface area contributed by atoms with E-state index in [2.05, 4.69) is 15.3 Å². The van der Waals surface area contributed by atoms with E-state index in [1.54, 1.807) is 19.9 Å². The number of carbonyl (C=O) groups excluding carboxylic acids is 1. The van der Waals surface area contributed by atoms with Crippen molar-refractivity contribution < 1.29 is 22.7 Å². The molecule has 2 aromatic heterocycles. The van der Waals surface area contributed by atoms with E-state index < -0.39 is 17.8 Å². The average Bonchev–Trinajstić information content (AvgIpc) is 3.67. The molecule has 2 fully saturated rings. The van der Waals surface area contributed by atoms with Crippen LogP contribution in [-0.4, -0.2) is 45.0 Å². The summed E-state index contributed by atoms with van der Waals surface area (Å²) in [5.74, 6) is 1.83. The van der Waals surface area contributed by atoms with Crippen LogP contribution in [-0.2, 0) is 11.0 Å². The molecule has 0 unspecified atom stereocenters. The Balaban J connectivity index is 1.52. The molecule has 1 atom stereocenters. The lowest BCUT2D eigenvalue weighted by atomic mass is 9.89. The summed E-state index contributed by atoms with van der Waals surface area (Å²) in [6, 6.07) is 5.81. The summed E-state index contributed by atoms with van der Waals surface area (Å²) in [5.41, 5.74) is 1.53.